The highest BCUT2D eigenvalue weighted by Crippen LogP contribution is 2.18. The molecule has 2 heterocycles. The van der Waals surface area contributed by atoms with Crippen LogP contribution in [0.3, 0.4) is 0 Å². The second kappa shape index (κ2) is 7.79. The van der Waals surface area contributed by atoms with Gasteiger partial charge in [-0.05, 0) is 56.2 Å². The Balaban J connectivity index is 1.69. The van der Waals surface area contributed by atoms with E-state index >= 15 is 0 Å². The largest absolute Gasteiger partial charge is 0.477 e. The lowest BCUT2D eigenvalue weighted by Crippen LogP contribution is -2.27. The van der Waals surface area contributed by atoms with Crippen molar-refractivity contribution >= 4 is 17.5 Å². The lowest BCUT2D eigenvalue weighted by molar-refractivity contribution is 0.0792. The summed E-state index contributed by atoms with van der Waals surface area (Å²) in [6.07, 6.45) is 3.71. The van der Waals surface area contributed by atoms with Crippen LogP contribution in [0.4, 0.5) is 5.69 Å². The standard InChI is InChI=1S/C19H21N3O3/c1-2-25-18-16(6-5-11-20-18)17(23)21-15-9-7-14(8-10-15)19(24)22-12-3-4-13-22/h5-11H,2-4,12-13H2,1H3,(H,21,23). The summed E-state index contributed by atoms with van der Waals surface area (Å²) in [5.41, 5.74) is 1.63. The molecule has 0 saturated carbocycles. The summed E-state index contributed by atoms with van der Waals surface area (Å²) in [4.78, 5) is 30.7. The van der Waals surface area contributed by atoms with Gasteiger partial charge in [0.15, 0.2) is 0 Å². The Morgan fingerprint density at radius 1 is 1.16 bits per heavy atom. The maximum absolute atomic E-state index is 12.4. The summed E-state index contributed by atoms with van der Waals surface area (Å²) in [5, 5.41) is 2.81. The van der Waals surface area contributed by atoms with E-state index in [0.29, 0.717) is 29.3 Å². The Morgan fingerprint density at radius 3 is 2.56 bits per heavy atom. The molecule has 1 fully saturated rings. The van der Waals surface area contributed by atoms with Crippen molar-refractivity contribution in [1.29, 1.82) is 0 Å². The molecule has 1 N–H and O–H groups in total. The molecular formula is C19H21N3O3. The zero-order valence-corrected chi connectivity index (χ0v) is 14.2. The van der Waals surface area contributed by atoms with E-state index in [1.165, 1.54) is 0 Å². The zero-order valence-electron chi connectivity index (χ0n) is 14.2. The molecule has 25 heavy (non-hydrogen) atoms. The summed E-state index contributed by atoms with van der Waals surface area (Å²) in [6, 6.07) is 10.3. The van der Waals surface area contributed by atoms with Crippen molar-refractivity contribution in [2.75, 3.05) is 25.0 Å². The molecule has 1 aliphatic rings. The second-order valence-corrected chi connectivity index (χ2v) is 5.82. The lowest BCUT2D eigenvalue weighted by atomic mass is 10.1. The molecule has 0 radical (unpaired) electrons. The van der Waals surface area contributed by atoms with Crippen LogP contribution in [-0.2, 0) is 0 Å². The van der Waals surface area contributed by atoms with Crippen LogP contribution in [0.15, 0.2) is 42.6 Å². The van der Waals surface area contributed by atoms with E-state index < -0.39 is 0 Å². The second-order valence-electron chi connectivity index (χ2n) is 5.82. The van der Waals surface area contributed by atoms with Gasteiger partial charge in [0.1, 0.15) is 5.56 Å². The van der Waals surface area contributed by atoms with Crippen LogP contribution in [0.5, 0.6) is 5.88 Å². The number of hydrogen-bond acceptors (Lipinski definition) is 4. The number of rotatable bonds is 5. The lowest BCUT2D eigenvalue weighted by Gasteiger charge is -2.15. The fraction of sp³-hybridized carbons (Fsp3) is 0.316. The smallest absolute Gasteiger partial charge is 0.261 e. The van der Waals surface area contributed by atoms with E-state index in [0.717, 1.165) is 25.9 Å². The zero-order chi connectivity index (χ0) is 17.6. The van der Waals surface area contributed by atoms with Crippen LogP contribution >= 0.6 is 0 Å². The molecule has 1 aromatic heterocycles. The molecule has 0 atom stereocenters. The van der Waals surface area contributed by atoms with Gasteiger partial charge in [-0.1, -0.05) is 0 Å². The van der Waals surface area contributed by atoms with E-state index in [-0.39, 0.29) is 11.8 Å². The van der Waals surface area contributed by atoms with Crippen LogP contribution in [0.25, 0.3) is 0 Å². The average molecular weight is 339 g/mol. The normalized spacial score (nSPS) is 13.6. The number of aromatic nitrogens is 1. The van der Waals surface area contributed by atoms with E-state index in [1.54, 1.807) is 42.6 Å². The topological polar surface area (TPSA) is 71.5 Å². The number of nitrogens with zero attached hydrogens (tertiary/aromatic N) is 2. The molecule has 130 valence electrons. The van der Waals surface area contributed by atoms with Crippen molar-refractivity contribution in [3.63, 3.8) is 0 Å². The first-order valence-electron chi connectivity index (χ1n) is 8.47. The van der Waals surface area contributed by atoms with Gasteiger partial charge in [0, 0.05) is 30.5 Å². The van der Waals surface area contributed by atoms with Crippen LogP contribution in [0, 0.1) is 0 Å². The molecule has 0 spiro atoms. The molecular weight excluding hydrogens is 318 g/mol. The van der Waals surface area contributed by atoms with Gasteiger partial charge in [-0.3, -0.25) is 9.59 Å². The van der Waals surface area contributed by atoms with Gasteiger partial charge in [0.25, 0.3) is 11.8 Å². The van der Waals surface area contributed by atoms with E-state index in [1.807, 2.05) is 11.8 Å². The minimum absolute atomic E-state index is 0.0428. The third-order valence-corrected chi connectivity index (χ3v) is 4.08. The summed E-state index contributed by atoms with van der Waals surface area (Å²) in [7, 11) is 0. The first kappa shape index (κ1) is 17.0. The minimum Gasteiger partial charge on any atom is -0.477 e. The molecule has 6 nitrogen and oxygen atoms in total. The maximum Gasteiger partial charge on any atom is 0.261 e. The number of carbonyl (C=O) groups excluding carboxylic acids is 2. The monoisotopic (exact) mass is 339 g/mol. The summed E-state index contributed by atoms with van der Waals surface area (Å²) in [5.74, 6) is 0.0553. The number of hydrogen-bond donors (Lipinski definition) is 1. The minimum atomic E-state index is -0.296. The Hall–Kier alpha value is -2.89. The van der Waals surface area contributed by atoms with Crippen molar-refractivity contribution < 1.29 is 14.3 Å². The maximum atomic E-state index is 12.4. The number of nitrogens with one attached hydrogen (secondary N) is 1. The molecule has 2 amide bonds. The van der Waals surface area contributed by atoms with Crippen molar-refractivity contribution in [3.05, 3.63) is 53.7 Å². The highest BCUT2D eigenvalue weighted by Gasteiger charge is 2.19. The summed E-state index contributed by atoms with van der Waals surface area (Å²) in [6.45, 7) is 3.91. The molecule has 0 aliphatic carbocycles. The quantitative estimate of drug-likeness (QED) is 0.909. The average Bonchev–Trinajstić information content (AvgIpc) is 3.17. The molecule has 2 aromatic rings. The Labute approximate surface area is 146 Å². The highest BCUT2D eigenvalue weighted by molar-refractivity contribution is 6.06. The van der Waals surface area contributed by atoms with E-state index in [2.05, 4.69) is 10.3 Å². The third-order valence-electron chi connectivity index (χ3n) is 4.08. The molecule has 1 saturated heterocycles. The van der Waals surface area contributed by atoms with Crippen molar-refractivity contribution in [2.24, 2.45) is 0 Å². The van der Waals surface area contributed by atoms with Gasteiger partial charge in [0.05, 0.1) is 6.61 Å². The summed E-state index contributed by atoms with van der Waals surface area (Å²) < 4.78 is 5.38. The van der Waals surface area contributed by atoms with Crippen LogP contribution in [-0.4, -0.2) is 41.4 Å². The van der Waals surface area contributed by atoms with Crippen molar-refractivity contribution in [2.45, 2.75) is 19.8 Å². The number of amides is 2. The fourth-order valence-electron chi connectivity index (χ4n) is 2.81. The number of benzene rings is 1. The molecule has 1 aromatic carbocycles. The molecule has 6 heteroatoms. The number of likely N-dealkylation sites (tertiary alicyclic amines) is 1. The molecule has 0 unspecified atom stereocenters. The Bertz CT molecular complexity index is 753. The van der Waals surface area contributed by atoms with Gasteiger partial charge >= 0.3 is 0 Å². The predicted octanol–water partition coefficient (Wildman–Crippen LogP) is 2.97. The first-order valence-corrected chi connectivity index (χ1v) is 8.47. The van der Waals surface area contributed by atoms with Gasteiger partial charge in [-0.25, -0.2) is 4.98 Å². The van der Waals surface area contributed by atoms with Gasteiger partial charge in [-0.15, -0.1) is 0 Å². The first-order chi connectivity index (χ1) is 12.2. The number of pyridine rings is 1. The molecule has 0 bridgehead atoms. The molecule has 3 rings (SSSR count). The summed E-state index contributed by atoms with van der Waals surface area (Å²) >= 11 is 0. The number of carbonyl (C=O) groups is 2. The van der Waals surface area contributed by atoms with Crippen molar-refractivity contribution in [3.8, 4) is 5.88 Å². The van der Waals surface area contributed by atoms with Crippen LogP contribution in [0.2, 0.25) is 0 Å². The Kier molecular flexibility index (Phi) is 5.28. The van der Waals surface area contributed by atoms with Gasteiger partial charge in [0.2, 0.25) is 5.88 Å². The van der Waals surface area contributed by atoms with Crippen LogP contribution in [0.1, 0.15) is 40.5 Å². The predicted molar refractivity (Wildman–Crippen MR) is 94.9 cm³/mol. The third kappa shape index (κ3) is 3.96. The van der Waals surface area contributed by atoms with E-state index in [9.17, 15) is 9.59 Å². The van der Waals surface area contributed by atoms with Gasteiger partial charge < -0.3 is 15.0 Å². The number of ether oxygens (including phenoxy) is 1. The SMILES string of the molecule is CCOc1ncccc1C(=O)Nc1ccc(C(=O)N2CCCC2)cc1. The van der Waals surface area contributed by atoms with E-state index in [4.69, 9.17) is 4.74 Å². The number of anilines is 1. The Morgan fingerprint density at radius 2 is 1.88 bits per heavy atom. The molecule has 1 aliphatic heterocycles. The highest BCUT2D eigenvalue weighted by atomic mass is 16.5. The van der Waals surface area contributed by atoms with Gasteiger partial charge in [-0.2, -0.15) is 0 Å². The van der Waals surface area contributed by atoms with Crippen LogP contribution < -0.4 is 10.1 Å². The fourth-order valence-corrected chi connectivity index (χ4v) is 2.81. The van der Waals surface area contributed by atoms with Crippen molar-refractivity contribution in [1.82, 2.24) is 9.88 Å².